The lowest BCUT2D eigenvalue weighted by molar-refractivity contribution is 0.0936. The molecule has 1 heterocycles. The third kappa shape index (κ3) is 3.85. The number of hydrogen-bond acceptors (Lipinski definition) is 6. The molecule has 0 saturated heterocycles. The number of benzene rings is 2. The minimum absolute atomic E-state index is 0.281. The molecule has 0 fully saturated rings. The molecule has 1 aromatic heterocycles. The molecule has 0 aliphatic carbocycles. The molecule has 140 valence electrons. The number of aromatic nitrogens is 4. The zero-order valence-electron chi connectivity index (χ0n) is 15.0. The summed E-state index contributed by atoms with van der Waals surface area (Å²) in [6, 6.07) is 10.4. The molecule has 0 saturated carbocycles. The second kappa shape index (κ2) is 8.05. The molecule has 2 aromatic carbocycles. The van der Waals surface area contributed by atoms with Crippen LogP contribution in [0.4, 0.5) is 0 Å². The maximum Gasteiger partial charge on any atom is 0.255 e. The van der Waals surface area contributed by atoms with Crippen LogP contribution in [0, 0.1) is 0 Å². The molecule has 27 heavy (non-hydrogen) atoms. The number of para-hydroxylation sites is 1. The van der Waals surface area contributed by atoms with Crippen LogP contribution < -0.4 is 14.8 Å². The first-order valence-corrected chi connectivity index (χ1v) is 8.47. The van der Waals surface area contributed by atoms with Crippen molar-refractivity contribution < 1.29 is 14.3 Å². The van der Waals surface area contributed by atoms with Gasteiger partial charge in [-0.1, -0.05) is 29.8 Å². The second-order valence-electron chi connectivity index (χ2n) is 5.70. The Morgan fingerprint density at radius 1 is 1.19 bits per heavy atom. The molecular weight excluding hydrogens is 370 g/mol. The van der Waals surface area contributed by atoms with Crippen molar-refractivity contribution in [3.05, 3.63) is 58.9 Å². The fourth-order valence-electron chi connectivity index (χ4n) is 2.71. The summed E-state index contributed by atoms with van der Waals surface area (Å²) in [6.45, 7) is 1.87. The molecule has 0 aliphatic rings. The molecular formula is C18H18ClN5O3. The normalized spacial score (nSPS) is 11.7. The summed E-state index contributed by atoms with van der Waals surface area (Å²) < 4.78 is 12.1. The van der Waals surface area contributed by atoms with Gasteiger partial charge in [-0.05, 0) is 29.5 Å². The Morgan fingerprint density at radius 2 is 1.93 bits per heavy atom. The van der Waals surface area contributed by atoms with E-state index in [1.807, 2.05) is 31.2 Å². The lowest BCUT2D eigenvalue weighted by atomic mass is 10.1. The first-order chi connectivity index (χ1) is 13.0. The van der Waals surface area contributed by atoms with E-state index in [4.69, 9.17) is 21.1 Å². The van der Waals surface area contributed by atoms with Crippen molar-refractivity contribution in [2.45, 2.75) is 13.0 Å². The van der Waals surface area contributed by atoms with Crippen LogP contribution in [0.15, 0.2) is 42.7 Å². The van der Waals surface area contributed by atoms with Crippen molar-refractivity contribution in [3.63, 3.8) is 0 Å². The van der Waals surface area contributed by atoms with Gasteiger partial charge >= 0.3 is 0 Å². The standard InChI is InChI=1S/C18H18ClN5O3/c1-11(12-6-4-5-7-16(12)26-2)21-18(25)13-8-14(19)15(9-17(13)27-3)24-10-20-22-23-24/h4-11H,1-3H3,(H,21,25). The molecule has 0 spiro atoms. The topological polar surface area (TPSA) is 91.2 Å². The number of carbonyl (C=O) groups excluding carboxylic acids is 1. The van der Waals surface area contributed by atoms with Gasteiger partial charge in [0.05, 0.1) is 36.5 Å². The minimum atomic E-state index is -0.324. The SMILES string of the molecule is COc1cc(-n2cnnn2)c(Cl)cc1C(=O)NC(C)c1ccccc1OC. The highest BCUT2D eigenvalue weighted by atomic mass is 35.5. The van der Waals surface area contributed by atoms with Gasteiger partial charge < -0.3 is 14.8 Å². The summed E-state index contributed by atoms with van der Waals surface area (Å²) in [7, 11) is 3.07. The van der Waals surface area contributed by atoms with Crippen molar-refractivity contribution in [3.8, 4) is 17.2 Å². The van der Waals surface area contributed by atoms with Gasteiger partial charge in [-0.2, -0.15) is 4.68 Å². The van der Waals surface area contributed by atoms with Crippen molar-refractivity contribution >= 4 is 17.5 Å². The number of nitrogens with one attached hydrogen (secondary N) is 1. The maximum absolute atomic E-state index is 12.8. The van der Waals surface area contributed by atoms with E-state index in [0.717, 1.165) is 5.56 Å². The van der Waals surface area contributed by atoms with Crippen molar-refractivity contribution in [2.24, 2.45) is 0 Å². The molecule has 0 bridgehead atoms. The van der Waals surface area contributed by atoms with Crippen molar-refractivity contribution in [2.75, 3.05) is 14.2 Å². The van der Waals surface area contributed by atoms with E-state index in [9.17, 15) is 4.79 Å². The quantitative estimate of drug-likeness (QED) is 0.699. The van der Waals surface area contributed by atoms with Gasteiger partial charge in [-0.25, -0.2) is 0 Å². The second-order valence-corrected chi connectivity index (χ2v) is 6.10. The van der Waals surface area contributed by atoms with E-state index < -0.39 is 0 Å². The van der Waals surface area contributed by atoms with Crippen LogP contribution in [0.1, 0.15) is 28.9 Å². The van der Waals surface area contributed by atoms with Crippen molar-refractivity contribution in [1.82, 2.24) is 25.5 Å². The number of carbonyl (C=O) groups is 1. The van der Waals surface area contributed by atoms with Crippen LogP contribution in [-0.4, -0.2) is 40.3 Å². The number of hydrogen-bond donors (Lipinski definition) is 1. The molecule has 1 N–H and O–H groups in total. The summed E-state index contributed by atoms with van der Waals surface area (Å²) in [6.07, 6.45) is 1.41. The molecule has 1 atom stereocenters. The fraction of sp³-hybridized carbons (Fsp3) is 0.222. The van der Waals surface area contributed by atoms with E-state index in [1.54, 1.807) is 13.2 Å². The Hall–Kier alpha value is -3.13. The summed E-state index contributed by atoms with van der Waals surface area (Å²) in [4.78, 5) is 12.8. The summed E-state index contributed by atoms with van der Waals surface area (Å²) in [5.41, 5.74) is 1.68. The third-order valence-corrected chi connectivity index (χ3v) is 4.37. The Balaban J connectivity index is 1.89. The summed E-state index contributed by atoms with van der Waals surface area (Å²) in [5, 5.41) is 14.2. The molecule has 9 heteroatoms. The Morgan fingerprint density at radius 3 is 2.59 bits per heavy atom. The van der Waals surface area contributed by atoms with Crippen LogP contribution in [-0.2, 0) is 0 Å². The number of nitrogens with zero attached hydrogens (tertiary/aromatic N) is 4. The van der Waals surface area contributed by atoms with E-state index in [2.05, 4.69) is 20.8 Å². The van der Waals surface area contributed by atoms with Crippen LogP contribution in [0.3, 0.4) is 0 Å². The Labute approximate surface area is 161 Å². The number of tetrazole rings is 1. The first kappa shape index (κ1) is 18.7. The van der Waals surface area contributed by atoms with Gasteiger partial charge in [-0.15, -0.1) is 5.10 Å². The van der Waals surface area contributed by atoms with E-state index >= 15 is 0 Å². The van der Waals surface area contributed by atoms with Gasteiger partial charge in [-0.3, -0.25) is 4.79 Å². The van der Waals surface area contributed by atoms with Gasteiger partial charge in [0.25, 0.3) is 5.91 Å². The largest absolute Gasteiger partial charge is 0.496 e. The van der Waals surface area contributed by atoms with E-state index in [0.29, 0.717) is 27.8 Å². The van der Waals surface area contributed by atoms with Crippen molar-refractivity contribution in [1.29, 1.82) is 0 Å². The predicted molar refractivity (Wildman–Crippen MR) is 99.6 cm³/mol. The lowest BCUT2D eigenvalue weighted by Crippen LogP contribution is -2.27. The number of halogens is 1. The molecule has 0 aliphatic heterocycles. The smallest absolute Gasteiger partial charge is 0.255 e. The van der Waals surface area contributed by atoms with E-state index in [1.165, 1.54) is 24.2 Å². The van der Waals surface area contributed by atoms with Crippen LogP contribution in [0.25, 0.3) is 5.69 Å². The number of ether oxygens (including phenoxy) is 2. The van der Waals surface area contributed by atoms with Crippen LogP contribution in [0.2, 0.25) is 5.02 Å². The minimum Gasteiger partial charge on any atom is -0.496 e. The predicted octanol–water partition coefficient (Wildman–Crippen LogP) is 2.82. The number of rotatable bonds is 6. The Bertz CT molecular complexity index is 946. The van der Waals surface area contributed by atoms with Gasteiger partial charge in [0.2, 0.25) is 0 Å². The Kier molecular flexibility index (Phi) is 5.56. The molecule has 3 rings (SSSR count). The fourth-order valence-corrected chi connectivity index (χ4v) is 2.96. The highest BCUT2D eigenvalue weighted by Gasteiger charge is 2.20. The van der Waals surface area contributed by atoms with Crippen LogP contribution in [0.5, 0.6) is 11.5 Å². The molecule has 1 unspecified atom stereocenters. The average molecular weight is 388 g/mol. The zero-order valence-corrected chi connectivity index (χ0v) is 15.8. The molecule has 0 radical (unpaired) electrons. The zero-order chi connectivity index (χ0) is 19.4. The summed E-state index contributed by atoms with van der Waals surface area (Å²) >= 11 is 6.32. The monoisotopic (exact) mass is 387 g/mol. The first-order valence-electron chi connectivity index (χ1n) is 8.09. The number of amides is 1. The maximum atomic E-state index is 12.8. The third-order valence-electron chi connectivity index (χ3n) is 4.06. The molecule has 3 aromatic rings. The molecule has 8 nitrogen and oxygen atoms in total. The van der Waals surface area contributed by atoms with Gasteiger partial charge in [0.1, 0.15) is 17.8 Å². The summed E-state index contributed by atoms with van der Waals surface area (Å²) in [5.74, 6) is 0.731. The highest BCUT2D eigenvalue weighted by molar-refractivity contribution is 6.33. The van der Waals surface area contributed by atoms with Gasteiger partial charge in [0, 0.05) is 11.6 Å². The number of methoxy groups -OCH3 is 2. The van der Waals surface area contributed by atoms with Crippen LogP contribution >= 0.6 is 11.6 Å². The van der Waals surface area contributed by atoms with Gasteiger partial charge in [0.15, 0.2) is 0 Å². The highest BCUT2D eigenvalue weighted by Crippen LogP contribution is 2.30. The molecule has 1 amide bonds. The van der Waals surface area contributed by atoms with E-state index in [-0.39, 0.29) is 11.9 Å². The lowest BCUT2D eigenvalue weighted by Gasteiger charge is -2.18. The average Bonchev–Trinajstić information content (AvgIpc) is 3.22.